The number of halogens is 1. The van der Waals surface area contributed by atoms with E-state index in [0.717, 1.165) is 0 Å². The molecule has 1 amide bonds. The molecule has 2 aromatic rings. The minimum absolute atomic E-state index is 0.0218. The Labute approximate surface area is 137 Å². The van der Waals surface area contributed by atoms with E-state index in [2.05, 4.69) is 15.0 Å². The number of carbonyl (C=O) groups is 1. The van der Waals surface area contributed by atoms with E-state index in [1.165, 1.54) is 36.5 Å². The largest absolute Gasteiger partial charge is 0.479 e. The van der Waals surface area contributed by atoms with E-state index in [1.807, 2.05) is 0 Å². The maximum Gasteiger partial charge on any atom is 0.265 e. The van der Waals surface area contributed by atoms with Crippen LogP contribution in [-0.4, -0.2) is 25.4 Å². The van der Waals surface area contributed by atoms with Crippen molar-refractivity contribution in [2.24, 2.45) is 0 Å². The van der Waals surface area contributed by atoms with E-state index < -0.39 is 16.1 Å². The number of pyridine rings is 1. The second-order valence-electron chi connectivity index (χ2n) is 4.87. The fraction of sp³-hybridized carbons (Fsp3) is 0.143. The van der Waals surface area contributed by atoms with Crippen LogP contribution in [0.2, 0.25) is 5.02 Å². The highest BCUT2D eigenvalue weighted by atomic mass is 35.5. The van der Waals surface area contributed by atoms with Crippen molar-refractivity contribution in [1.29, 1.82) is 0 Å². The number of rotatable bonds is 3. The standard InChI is InChI=1S/C14H12ClN3O4S/c1-8-14(19)17-11-6-10(3-4-12(11)22-8)23(20,21)18-13-5-2-9(15)7-16-13/h2-8H,1H3,(H,16,18)(H,17,19). The van der Waals surface area contributed by atoms with Crippen LogP contribution in [0, 0.1) is 0 Å². The van der Waals surface area contributed by atoms with Crippen molar-refractivity contribution in [2.75, 3.05) is 10.0 Å². The Balaban J connectivity index is 1.90. The van der Waals surface area contributed by atoms with Crippen LogP contribution in [0.25, 0.3) is 0 Å². The number of sulfonamides is 1. The van der Waals surface area contributed by atoms with Gasteiger partial charge in [0.15, 0.2) is 6.10 Å². The zero-order valence-electron chi connectivity index (χ0n) is 11.9. The topological polar surface area (TPSA) is 97.4 Å². The van der Waals surface area contributed by atoms with Crippen LogP contribution in [0.5, 0.6) is 5.75 Å². The van der Waals surface area contributed by atoms with Crippen molar-refractivity contribution in [3.63, 3.8) is 0 Å². The summed E-state index contributed by atoms with van der Waals surface area (Å²) in [6, 6.07) is 7.19. The summed E-state index contributed by atoms with van der Waals surface area (Å²) in [5.74, 6) is 0.223. The number of fused-ring (bicyclic) bond motifs is 1. The number of hydrogen-bond donors (Lipinski definition) is 2. The van der Waals surface area contributed by atoms with E-state index in [1.54, 1.807) is 6.92 Å². The summed E-state index contributed by atoms with van der Waals surface area (Å²) in [5.41, 5.74) is 0.306. The monoisotopic (exact) mass is 353 g/mol. The normalized spacial score (nSPS) is 17.0. The summed E-state index contributed by atoms with van der Waals surface area (Å²) in [6.45, 7) is 1.61. The van der Waals surface area contributed by atoms with Crippen molar-refractivity contribution in [3.05, 3.63) is 41.6 Å². The molecule has 1 aliphatic rings. The summed E-state index contributed by atoms with van der Waals surface area (Å²) >= 11 is 5.71. The highest BCUT2D eigenvalue weighted by Gasteiger charge is 2.25. The fourth-order valence-electron chi connectivity index (χ4n) is 1.99. The molecule has 2 heterocycles. The lowest BCUT2D eigenvalue weighted by molar-refractivity contribution is -0.122. The molecule has 1 atom stereocenters. The first kappa shape index (κ1) is 15.6. The summed E-state index contributed by atoms with van der Waals surface area (Å²) in [6.07, 6.45) is 0.711. The number of benzene rings is 1. The average molecular weight is 354 g/mol. The molecule has 23 heavy (non-hydrogen) atoms. The predicted octanol–water partition coefficient (Wildman–Crippen LogP) is 2.26. The van der Waals surface area contributed by atoms with Crippen molar-refractivity contribution in [3.8, 4) is 5.75 Å². The minimum atomic E-state index is -3.85. The lowest BCUT2D eigenvalue weighted by Gasteiger charge is -2.23. The molecule has 1 unspecified atom stereocenters. The second kappa shape index (κ2) is 5.71. The number of ether oxygens (including phenoxy) is 1. The number of carbonyl (C=O) groups excluding carboxylic acids is 1. The summed E-state index contributed by atoms with van der Waals surface area (Å²) < 4.78 is 32.5. The number of hydrogen-bond acceptors (Lipinski definition) is 5. The van der Waals surface area contributed by atoms with Crippen LogP contribution >= 0.6 is 11.6 Å². The average Bonchev–Trinajstić information content (AvgIpc) is 2.50. The number of nitrogens with one attached hydrogen (secondary N) is 2. The van der Waals surface area contributed by atoms with Gasteiger partial charge in [-0.05, 0) is 37.3 Å². The molecule has 0 fully saturated rings. The van der Waals surface area contributed by atoms with Crippen LogP contribution in [0.3, 0.4) is 0 Å². The highest BCUT2D eigenvalue weighted by molar-refractivity contribution is 7.92. The zero-order chi connectivity index (χ0) is 16.6. The first-order chi connectivity index (χ1) is 10.8. The third kappa shape index (κ3) is 3.22. The Morgan fingerprint density at radius 2 is 2.09 bits per heavy atom. The van der Waals surface area contributed by atoms with Gasteiger partial charge in [-0.2, -0.15) is 0 Å². The van der Waals surface area contributed by atoms with Gasteiger partial charge in [0.05, 0.1) is 15.6 Å². The molecule has 2 N–H and O–H groups in total. The SMILES string of the molecule is CC1Oc2ccc(S(=O)(=O)Nc3ccc(Cl)cn3)cc2NC1=O. The number of anilines is 2. The van der Waals surface area contributed by atoms with Gasteiger partial charge < -0.3 is 10.1 Å². The van der Waals surface area contributed by atoms with E-state index in [9.17, 15) is 13.2 Å². The lowest BCUT2D eigenvalue weighted by Crippen LogP contribution is -2.34. The Morgan fingerprint density at radius 3 is 2.78 bits per heavy atom. The molecule has 0 bridgehead atoms. The molecule has 1 aromatic carbocycles. The number of aromatic nitrogens is 1. The molecule has 0 radical (unpaired) electrons. The second-order valence-corrected chi connectivity index (χ2v) is 6.99. The Hall–Kier alpha value is -2.32. The predicted molar refractivity (Wildman–Crippen MR) is 85.2 cm³/mol. The van der Waals surface area contributed by atoms with Crippen molar-refractivity contribution in [1.82, 2.24) is 4.98 Å². The molecule has 0 saturated heterocycles. The van der Waals surface area contributed by atoms with Gasteiger partial charge in [0.2, 0.25) is 0 Å². The van der Waals surface area contributed by atoms with Gasteiger partial charge in [-0.25, -0.2) is 13.4 Å². The first-order valence-electron chi connectivity index (χ1n) is 6.61. The van der Waals surface area contributed by atoms with Gasteiger partial charge in [0, 0.05) is 6.20 Å². The highest BCUT2D eigenvalue weighted by Crippen LogP contribution is 2.32. The number of amides is 1. The van der Waals surface area contributed by atoms with Crippen LogP contribution in [-0.2, 0) is 14.8 Å². The lowest BCUT2D eigenvalue weighted by atomic mass is 10.2. The fourth-order valence-corrected chi connectivity index (χ4v) is 3.13. The Morgan fingerprint density at radius 1 is 1.30 bits per heavy atom. The molecule has 9 heteroatoms. The van der Waals surface area contributed by atoms with Crippen LogP contribution < -0.4 is 14.8 Å². The molecule has 0 spiro atoms. The molecule has 120 valence electrons. The molecule has 1 aromatic heterocycles. The van der Waals surface area contributed by atoms with E-state index >= 15 is 0 Å². The van der Waals surface area contributed by atoms with Crippen LogP contribution in [0.1, 0.15) is 6.92 Å². The molecule has 0 saturated carbocycles. The van der Waals surface area contributed by atoms with Gasteiger partial charge in [-0.15, -0.1) is 0 Å². The van der Waals surface area contributed by atoms with E-state index in [4.69, 9.17) is 16.3 Å². The quantitative estimate of drug-likeness (QED) is 0.882. The molecule has 0 aliphatic carbocycles. The zero-order valence-corrected chi connectivity index (χ0v) is 13.5. The van der Waals surface area contributed by atoms with Crippen LogP contribution in [0.15, 0.2) is 41.4 Å². The van der Waals surface area contributed by atoms with E-state index in [0.29, 0.717) is 16.5 Å². The van der Waals surface area contributed by atoms with Gasteiger partial charge in [-0.1, -0.05) is 11.6 Å². The Kier molecular flexibility index (Phi) is 3.87. The van der Waals surface area contributed by atoms with Gasteiger partial charge in [0.1, 0.15) is 11.6 Å². The summed E-state index contributed by atoms with van der Waals surface area (Å²) in [7, 11) is -3.85. The Bertz CT molecular complexity index is 868. The van der Waals surface area contributed by atoms with Gasteiger partial charge in [0.25, 0.3) is 15.9 Å². The van der Waals surface area contributed by atoms with Crippen molar-refractivity contribution in [2.45, 2.75) is 17.9 Å². The van der Waals surface area contributed by atoms with E-state index in [-0.39, 0.29) is 16.6 Å². The molecular weight excluding hydrogens is 342 g/mol. The smallest absolute Gasteiger partial charge is 0.265 e. The molecule has 7 nitrogen and oxygen atoms in total. The number of nitrogens with zero attached hydrogens (tertiary/aromatic N) is 1. The third-order valence-electron chi connectivity index (χ3n) is 3.16. The minimum Gasteiger partial charge on any atom is -0.479 e. The molecule has 1 aliphatic heterocycles. The van der Waals surface area contributed by atoms with Crippen LogP contribution in [0.4, 0.5) is 11.5 Å². The summed E-state index contributed by atoms with van der Waals surface area (Å²) in [5, 5.41) is 3.00. The first-order valence-corrected chi connectivity index (χ1v) is 8.47. The molecule has 3 rings (SSSR count). The summed E-state index contributed by atoms with van der Waals surface area (Å²) in [4.78, 5) is 15.5. The maximum absolute atomic E-state index is 12.4. The maximum atomic E-state index is 12.4. The van der Waals surface area contributed by atoms with Gasteiger partial charge >= 0.3 is 0 Å². The third-order valence-corrected chi connectivity index (χ3v) is 4.73. The van der Waals surface area contributed by atoms with Crippen molar-refractivity contribution >= 4 is 39.0 Å². The van der Waals surface area contributed by atoms with Crippen molar-refractivity contribution < 1.29 is 17.9 Å². The molecular formula is C14H12ClN3O4S. The van der Waals surface area contributed by atoms with Gasteiger partial charge in [-0.3, -0.25) is 9.52 Å².